The van der Waals surface area contributed by atoms with Crippen molar-refractivity contribution in [3.05, 3.63) is 67.3 Å². The van der Waals surface area contributed by atoms with Gasteiger partial charge in [-0.25, -0.2) is 4.98 Å². The number of hydrogen-bond donors (Lipinski definition) is 1. The maximum Gasteiger partial charge on any atom is 0.260 e. The molecule has 0 radical (unpaired) electrons. The highest BCUT2D eigenvalue weighted by atomic mass is 35.5. The molecule has 0 spiro atoms. The van der Waals surface area contributed by atoms with Crippen molar-refractivity contribution in [1.82, 2.24) is 9.97 Å². The molecular formula is C28H29ClN2O4S. The van der Waals surface area contributed by atoms with E-state index in [1.165, 1.54) is 16.0 Å². The first kappa shape index (κ1) is 24.7. The topological polar surface area (TPSA) is 73.4 Å². The maximum atomic E-state index is 13.0. The second kappa shape index (κ2) is 10.5. The molecule has 6 nitrogen and oxygen atoms in total. The van der Waals surface area contributed by atoms with Gasteiger partial charge in [0.1, 0.15) is 29.6 Å². The fraction of sp³-hybridized carbons (Fsp3) is 0.357. The van der Waals surface area contributed by atoms with Gasteiger partial charge in [0.15, 0.2) is 11.5 Å². The van der Waals surface area contributed by atoms with E-state index in [9.17, 15) is 4.79 Å². The lowest BCUT2D eigenvalue weighted by Gasteiger charge is -2.15. The van der Waals surface area contributed by atoms with Crippen molar-refractivity contribution in [2.24, 2.45) is 0 Å². The molecule has 0 fully saturated rings. The summed E-state index contributed by atoms with van der Waals surface area (Å²) in [6.07, 6.45) is 5.19. The molecular weight excluding hydrogens is 496 g/mol. The summed E-state index contributed by atoms with van der Waals surface area (Å²) in [7, 11) is 1.56. The van der Waals surface area contributed by atoms with Crippen LogP contribution in [0.25, 0.3) is 21.6 Å². The van der Waals surface area contributed by atoms with Gasteiger partial charge in [0, 0.05) is 10.4 Å². The summed E-state index contributed by atoms with van der Waals surface area (Å²) in [6, 6.07) is 9.74. The molecule has 0 saturated carbocycles. The lowest BCUT2D eigenvalue weighted by atomic mass is 9.97. The van der Waals surface area contributed by atoms with Gasteiger partial charge in [-0.1, -0.05) is 24.6 Å². The van der Waals surface area contributed by atoms with Crippen molar-refractivity contribution in [2.75, 3.05) is 20.3 Å². The Morgan fingerprint density at radius 3 is 2.69 bits per heavy atom. The number of ether oxygens (including phenoxy) is 3. The highest BCUT2D eigenvalue weighted by Crippen LogP contribution is 2.40. The number of hydrogen-bond acceptors (Lipinski definition) is 6. The Balaban J connectivity index is 1.35. The summed E-state index contributed by atoms with van der Waals surface area (Å²) in [4.78, 5) is 22.8. The molecule has 2 aromatic heterocycles. The van der Waals surface area contributed by atoms with Crippen molar-refractivity contribution in [3.63, 3.8) is 0 Å². The number of aryl methyl sites for hydroxylation is 4. The molecule has 0 atom stereocenters. The predicted octanol–water partition coefficient (Wildman–Crippen LogP) is 6.52. The summed E-state index contributed by atoms with van der Waals surface area (Å²) < 4.78 is 17.4. The van der Waals surface area contributed by atoms with E-state index in [0.717, 1.165) is 53.6 Å². The largest absolute Gasteiger partial charge is 0.493 e. The van der Waals surface area contributed by atoms with Crippen LogP contribution in [0.2, 0.25) is 5.02 Å². The Hall–Kier alpha value is -3.03. The Morgan fingerprint density at radius 2 is 1.89 bits per heavy atom. The molecule has 5 rings (SSSR count). The first-order chi connectivity index (χ1) is 17.5. The van der Waals surface area contributed by atoms with Gasteiger partial charge in [-0.05, 0) is 80.0 Å². The summed E-state index contributed by atoms with van der Waals surface area (Å²) in [5, 5.41) is 1.11. The van der Waals surface area contributed by atoms with Crippen LogP contribution in [-0.4, -0.2) is 30.3 Å². The van der Waals surface area contributed by atoms with E-state index in [2.05, 4.69) is 24.9 Å². The standard InChI is InChI=1S/C28H29ClN2O4S/c1-4-17-11-16(2)12-19(13-17)34-9-10-35-25-21(29)14-18(15-22(25)33-3)26-30-27(32)24-20-7-5-6-8-23(20)36-28(24)31-26/h11-15H,4-10H2,1-3H3,(H,30,31,32). The summed E-state index contributed by atoms with van der Waals surface area (Å²) in [5.41, 5.74) is 4.12. The van der Waals surface area contributed by atoms with Crippen LogP contribution < -0.4 is 19.8 Å². The number of fused-ring (bicyclic) bond motifs is 3. The summed E-state index contributed by atoms with van der Waals surface area (Å²) >= 11 is 8.22. The molecule has 0 unspecified atom stereocenters. The van der Waals surface area contributed by atoms with Crippen LogP contribution in [0.5, 0.6) is 17.2 Å². The van der Waals surface area contributed by atoms with Crippen LogP contribution in [0, 0.1) is 6.92 Å². The molecule has 1 aliphatic carbocycles. The fourth-order valence-corrected chi connectivity index (χ4v) is 6.24. The van der Waals surface area contributed by atoms with Crippen LogP contribution in [0.15, 0.2) is 35.1 Å². The molecule has 36 heavy (non-hydrogen) atoms. The second-order valence-electron chi connectivity index (χ2n) is 9.00. The van der Waals surface area contributed by atoms with Gasteiger partial charge in [0.05, 0.1) is 17.5 Å². The van der Waals surface area contributed by atoms with E-state index >= 15 is 0 Å². The number of benzene rings is 2. The zero-order chi connectivity index (χ0) is 25.2. The highest BCUT2D eigenvalue weighted by molar-refractivity contribution is 7.18. The van der Waals surface area contributed by atoms with E-state index in [0.29, 0.717) is 41.1 Å². The van der Waals surface area contributed by atoms with Crippen LogP contribution in [0.3, 0.4) is 0 Å². The smallest absolute Gasteiger partial charge is 0.260 e. The Labute approximate surface area is 219 Å². The minimum absolute atomic E-state index is 0.107. The number of methoxy groups -OCH3 is 1. The minimum Gasteiger partial charge on any atom is -0.493 e. The monoisotopic (exact) mass is 524 g/mol. The lowest BCUT2D eigenvalue weighted by molar-refractivity contribution is 0.211. The highest BCUT2D eigenvalue weighted by Gasteiger charge is 2.21. The number of H-pyrrole nitrogens is 1. The number of aromatic amines is 1. The molecule has 0 bridgehead atoms. The van der Waals surface area contributed by atoms with Crippen molar-refractivity contribution in [2.45, 2.75) is 46.0 Å². The average Bonchev–Trinajstić information content (AvgIpc) is 3.25. The lowest BCUT2D eigenvalue weighted by Crippen LogP contribution is -2.12. The fourth-order valence-electron chi connectivity index (χ4n) is 4.71. The third-order valence-electron chi connectivity index (χ3n) is 6.45. The predicted molar refractivity (Wildman–Crippen MR) is 145 cm³/mol. The van der Waals surface area contributed by atoms with Gasteiger partial charge < -0.3 is 19.2 Å². The van der Waals surface area contributed by atoms with Gasteiger partial charge in [0.25, 0.3) is 5.56 Å². The van der Waals surface area contributed by atoms with Crippen LogP contribution >= 0.6 is 22.9 Å². The third-order valence-corrected chi connectivity index (χ3v) is 7.91. The molecule has 1 aliphatic rings. The number of rotatable bonds is 8. The van der Waals surface area contributed by atoms with Crippen molar-refractivity contribution in [1.29, 1.82) is 0 Å². The number of thiophene rings is 1. The molecule has 0 amide bonds. The third kappa shape index (κ3) is 4.95. The van der Waals surface area contributed by atoms with Gasteiger partial charge in [-0.3, -0.25) is 4.79 Å². The Bertz CT molecular complexity index is 1480. The molecule has 188 valence electrons. The number of halogens is 1. The molecule has 0 saturated heterocycles. The second-order valence-corrected chi connectivity index (χ2v) is 10.5. The van der Waals surface area contributed by atoms with E-state index < -0.39 is 0 Å². The zero-order valence-electron chi connectivity index (χ0n) is 20.7. The van der Waals surface area contributed by atoms with Gasteiger partial charge in [0.2, 0.25) is 0 Å². The normalized spacial score (nSPS) is 13.0. The minimum atomic E-state index is -0.107. The SMILES string of the molecule is CCc1cc(C)cc(OCCOc2c(Cl)cc(-c3nc4sc5c(c4c(=O)[nH]3)CCCC5)cc2OC)c1. The van der Waals surface area contributed by atoms with Crippen LogP contribution in [-0.2, 0) is 19.3 Å². The van der Waals surface area contributed by atoms with Gasteiger partial charge in [-0.2, -0.15) is 0 Å². The van der Waals surface area contributed by atoms with Crippen LogP contribution in [0.4, 0.5) is 0 Å². The molecule has 8 heteroatoms. The van der Waals surface area contributed by atoms with E-state index in [1.54, 1.807) is 30.6 Å². The molecule has 0 aliphatic heterocycles. The maximum absolute atomic E-state index is 13.0. The van der Waals surface area contributed by atoms with E-state index in [4.69, 9.17) is 30.8 Å². The number of nitrogens with zero attached hydrogens (tertiary/aromatic N) is 1. The average molecular weight is 525 g/mol. The van der Waals surface area contributed by atoms with E-state index in [-0.39, 0.29) is 5.56 Å². The van der Waals surface area contributed by atoms with Crippen molar-refractivity contribution >= 4 is 33.2 Å². The Kier molecular flexibility index (Phi) is 7.21. The first-order valence-electron chi connectivity index (χ1n) is 12.3. The summed E-state index contributed by atoms with van der Waals surface area (Å²) in [5.74, 6) is 2.19. The van der Waals surface area contributed by atoms with E-state index in [1.807, 2.05) is 12.1 Å². The first-order valence-corrected chi connectivity index (χ1v) is 13.4. The quantitative estimate of drug-likeness (QED) is 0.265. The number of aromatic nitrogens is 2. The van der Waals surface area contributed by atoms with Crippen LogP contribution in [0.1, 0.15) is 41.3 Å². The molecule has 4 aromatic rings. The van der Waals surface area contributed by atoms with Crippen molar-refractivity contribution < 1.29 is 14.2 Å². The van der Waals surface area contributed by atoms with Gasteiger partial charge >= 0.3 is 0 Å². The Morgan fingerprint density at radius 1 is 1.08 bits per heavy atom. The summed E-state index contributed by atoms with van der Waals surface area (Å²) in [6.45, 7) is 4.84. The molecule has 2 heterocycles. The zero-order valence-corrected chi connectivity index (χ0v) is 22.3. The molecule has 1 N–H and O–H groups in total. The van der Waals surface area contributed by atoms with Crippen molar-refractivity contribution in [3.8, 4) is 28.6 Å². The van der Waals surface area contributed by atoms with Gasteiger partial charge in [-0.15, -0.1) is 11.3 Å². The number of nitrogens with one attached hydrogen (secondary N) is 1. The molecule has 2 aromatic carbocycles.